The first kappa shape index (κ1) is 15.6. The van der Waals surface area contributed by atoms with Gasteiger partial charge in [-0.3, -0.25) is 4.21 Å². The van der Waals surface area contributed by atoms with Gasteiger partial charge in [0.2, 0.25) is 0 Å². The molecule has 22 heavy (non-hydrogen) atoms. The average molecular weight is 392 g/mol. The predicted octanol–water partition coefficient (Wildman–Crippen LogP) is 4.58. The molecule has 0 saturated carbocycles. The summed E-state index contributed by atoms with van der Waals surface area (Å²) in [5.74, 6) is 0. The monoisotopic (exact) mass is 391 g/mol. The maximum absolute atomic E-state index is 12.9. The molecule has 1 heterocycles. The smallest absolute Gasteiger partial charge is 0.147 e. The molecule has 0 saturated heterocycles. The minimum absolute atomic E-state index is 0.751. The van der Waals surface area contributed by atoms with E-state index >= 15 is 0 Å². The van der Waals surface area contributed by atoms with Gasteiger partial charge in [0.25, 0.3) is 0 Å². The molecule has 0 radical (unpaired) electrons. The minimum atomic E-state index is -1.17. The number of benzene rings is 2. The second-order valence-electron chi connectivity index (χ2n) is 4.85. The Hall–Kier alpha value is -1.30. The van der Waals surface area contributed by atoms with Gasteiger partial charge in [-0.2, -0.15) is 0 Å². The third-order valence-corrected chi connectivity index (χ3v) is 6.62. The molecule has 0 aliphatic rings. The summed E-state index contributed by atoms with van der Waals surface area (Å²) in [4.78, 5) is 4.50. The lowest BCUT2D eigenvalue weighted by atomic mass is 9.90. The largest absolute Gasteiger partial charge is 0.258 e. The Balaban J connectivity index is 2.37. The van der Waals surface area contributed by atoms with E-state index in [0.29, 0.717) is 0 Å². The molecule has 0 fully saturated rings. The number of halogens is 1. The molecule has 0 N–H and O–H groups in total. The summed E-state index contributed by atoms with van der Waals surface area (Å²) in [5, 5.41) is 2.77. The van der Waals surface area contributed by atoms with Crippen molar-refractivity contribution >= 4 is 38.1 Å². The van der Waals surface area contributed by atoms with Gasteiger partial charge < -0.3 is 0 Å². The first-order valence-electron chi connectivity index (χ1n) is 6.71. The average Bonchev–Trinajstić information content (AvgIpc) is 3.03. The van der Waals surface area contributed by atoms with E-state index in [9.17, 15) is 4.21 Å². The van der Waals surface area contributed by atoms with Gasteiger partial charge in [0.1, 0.15) is 9.75 Å². The highest BCUT2D eigenvalue weighted by Gasteiger charge is 2.43. The lowest BCUT2D eigenvalue weighted by molar-refractivity contribution is 0.667. The van der Waals surface area contributed by atoms with Crippen molar-refractivity contribution in [3.8, 4) is 0 Å². The summed E-state index contributed by atoms with van der Waals surface area (Å²) in [5.41, 5.74) is 1.97. The van der Waals surface area contributed by atoms with E-state index in [2.05, 4.69) is 20.9 Å². The summed E-state index contributed by atoms with van der Waals surface area (Å²) >= 11 is 5.06. The lowest BCUT2D eigenvalue weighted by Gasteiger charge is -2.31. The van der Waals surface area contributed by atoms with Crippen LogP contribution in [0.2, 0.25) is 0 Å². The normalized spacial score (nSPS) is 15.2. The van der Waals surface area contributed by atoms with Crippen LogP contribution in [0.3, 0.4) is 0 Å². The molecule has 0 aliphatic heterocycles. The van der Waals surface area contributed by atoms with Crippen molar-refractivity contribution in [1.29, 1.82) is 0 Å². The summed E-state index contributed by atoms with van der Waals surface area (Å²) in [6.45, 7) is 0. The molecule has 3 rings (SSSR count). The maximum Gasteiger partial charge on any atom is 0.147 e. The predicted molar refractivity (Wildman–Crippen MR) is 96.6 cm³/mol. The molecule has 2 aromatic carbocycles. The highest BCUT2D eigenvalue weighted by molar-refractivity contribution is 9.10. The van der Waals surface area contributed by atoms with E-state index in [4.69, 9.17) is 0 Å². The topological polar surface area (TPSA) is 30.0 Å². The number of hydrogen-bond acceptors (Lipinski definition) is 3. The van der Waals surface area contributed by atoms with E-state index in [1.165, 1.54) is 11.3 Å². The van der Waals surface area contributed by atoms with Crippen molar-refractivity contribution < 1.29 is 4.21 Å². The fourth-order valence-electron chi connectivity index (χ4n) is 2.65. The molecule has 5 heteroatoms. The first-order chi connectivity index (χ1) is 10.7. The number of rotatable bonds is 4. The highest BCUT2D eigenvalue weighted by Crippen LogP contribution is 2.43. The summed E-state index contributed by atoms with van der Waals surface area (Å²) in [7, 11) is -1.17. The third kappa shape index (κ3) is 2.57. The van der Waals surface area contributed by atoms with Crippen LogP contribution in [0.4, 0.5) is 0 Å². The Morgan fingerprint density at radius 1 is 1.09 bits per heavy atom. The van der Waals surface area contributed by atoms with Crippen LogP contribution in [0.5, 0.6) is 0 Å². The zero-order valence-electron chi connectivity index (χ0n) is 11.9. The zero-order chi connectivity index (χ0) is 15.6. The Morgan fingerprint density at radius 2 is 1.82 bits per heavy atom. The van der Waals surface area contributed by atoms with Crippen LogP contribution >= 0.6 is 27.3 Å². The van der Waals surface area contributed by atoms with Gasteiger partial charge >= 0.3 is 0 Å². The van der Waals surface area contributed by atoms with Gasteiger partial charge in [-0.25, -0.2) is 4.98 Å². The van der Waals surface area contributed by atoms with Crippen LogP contribution in [0.25, 0.3) is 0 Å². The second kappa shape index (κ2) is 6.44. The Morgan fingerprint density at radius 3 is 2.41 bits per heavy atom. The number of thiazole rings is 1. The Bertz CT molecular complexity index is 789. The third-order valence-electron chi connectivity index (χ3n) is 3.58. The van der Waals surface area contributed by atoms with Gasteiger partial charge in [-0.05, 0) is 23.3 Å². The molecule has 0 amide bonds. The molecule has 1 aromatic heterocycles. The molecule has 0 aliphatic carbocycles. The van der Waals surface area contributed by atoms with Crippen LogP contribution in [0.15, 0.2) is 70.6 Å². The van der Waals surface area contributed by atoms with Crippen molar-refractivity contribution in [3.63, 3.8) is 0 Å². The fraction of sp³-hybridized carbons (Fsp3) is 0.118. The highest BCUT2D eigenvalue weighted by atomic mass is 79.9. The van der Waals surface area contributed by atoms with Gasteiger partial charge in [-0.15, -0.1) is 11.3 Å². The SMILES string of the molecule is CS(=O)C(c1ccccc1)(c1cccc(Br)c1)c1nccs1. The van der Waals surface area contributed by atoms with E-state index in [1.54, 1.807) is 12.5 Å². The number of nitrogens with zero attached hydrogens (tertiary/aromatic N) is 1. The van der Waals surface area contributed by atoms with Crippen LogP contribution in [0, 0.1) is 0 Å². The minimum Gasteiger partial charge on any atom is -0.258 e. The first-order valence-corrected chi connectivity index (χ1v) is 9.94. The molecule has 3 aromatic rings. The van der Waals surface area contributed by atoms with Gasteiger partial charge in [-0.1, -0.05) is 58.4 Å². The van der Waals surface area contributed by atoms with Crippen molar-refractivity contribution in [2.75, 3.05) is 6.26 Å². The molecule has 112 valence electrons. The van der Waals surface area contributed by atoms with Crippen LogP contribution in [-0.4, -0.2) is 15.4 Å². The van der Waals surface area contributed by atoms with Crippen molar-refractivity contribution in [3.05, 3.63) is 86.8 Å². The molecular weight excluding hydrogens is 378 g/mol. The number of aromatic nitrogens is 1. The van der Waals surface area contributed by atoms with Gasteiger partial charge in [0, 0.05) is 33.1 Å². The lowest BCUT2D eigenvalue weighted by Crippen LogP contribution is -2.33. The van der Waals surface area contributed by atoms with Crippen molar-refractivity contribution in [2.45, 2.75) is 4.75 Å². The Kier molecular flexibility index (Phi) is 4.57. The van der Waals surface area contributed by atoms with E-state index < -0.39 is 15.5 Å². The van der Waals surface area contributed by atoms with Crippen molar-refractivity contribution in [2.24, 2.45) is 0 Å². The van der Waals surface area contributed by atoms with E-state index in [-0.39, 0.29) is 0 Å². The van der Waals surface area contributed by atoms with Crippen LogP contribution in [0.1, 0.15) is 16.1 Å². The number of hydrogen-bond donors (Lipinski definition) is 0. The van der Waals surface area contributed by atoms with E-state index in [1.807, 2.05) is 60.0 Å². The molecule has 0 bridgehead atoms. The van der Waals surface area contributed by atoms with Crippen LogP contribution < -0.4 is 0 Å². The summed E-state index contributed by atoms with van der Waals surface area (Å²) in [6, 6.07) is 17.9. The second-order valence-corrected chi connectivity index (χ2v) is 8.18. The fourth-order valence-corrected chi connectivity index (χ4v) is 5.54. The molecule has 2 atom stereocenters. The molecular formula is C17H14BrNOS2. The zero-order valence-corrected chi connectivity index (χ0v) is 15.1. The van der Waals surface area contributed by atoms with Gasteiger partial charge in [0.15, 0.2) is 0 Å². The molecule has 2 unspecified atom stereocenters. The van der Waals surface area contributed by atoms with Crippen LogP contribution in [-0.2, 0) is 15.5 Å². The van der Waals surface area contributed by atoms with Gasteiger partial charge in [0.05, 0.1) is 0 Å². The Labute approximate surface area is 144 Å². The summed E-state index contributed by atoms with van der Waals surface area (Å²) < 4.78 is 13.2. The quantitative estimate of drug-likeness (QED) is 0.651. The standard InChI is InChI=1S/C17H14BrNOS2/c1-22(20)17(16-19-10-11-21-16,13-6-3-2-4-7-13)14-8-5-9-15(18)12-14/h2-12H,1H3. The summed E-state index contributed by atoms with van der Waals surface area (Å²) in [6.07, 6.45) is 3.51. The van der Waals surface area contributed by atoms with E-state index in [0.717, 1.165) is 20.6 Å². The molecule has 2 nitrogen and oxygen atoms in total. The van der Waals surface area contributed by atoms with Crippen molar-refractivity contribution in [1.82, 2.24) is 4.98 Å². The maximum atomic E-state index is 12.9. The molecule has 0 spiro atoms.